The molecule has 25 heteroatoms. The van der Waals surface area contributed by atoms with Crippen LogP contribution in [-0.2, 0) is 47.5 Å². The zero-order valence-corrected chi connectivity index (χ0v) is 44.2. The SMILES string of the molecule is CC(C)c1ccn(C(n2ccc(C(C)C)n2)(n2ccc(C(C)C)n2)S(=O)(=O)[O-])n1.CC(C)c1ccn(C(n2ccc(C(C)C)n2)(n2ccc(C(C)C)n2)S(=O)(=O)[O-])n1.ClCCl.ClCCl.[Mn+2]. The third-order valence-corrected chi connectivity index (χ3v) is 12.1. The van der Waals surface area contributed by atoms with E-state index in [-0.39, 0.29) is 63.3 Å². The van der Waals surface area contributed by atoms with Crippen LogP contribution in [0.15, 0.2) is 73.6 Å². The summed E-state index contributed by atoms with van der Waals surface area (Å²) < 4.78 is 84.0. The second-order valence-corrected chi connectivity index (χ2v) is 20.8. The van der Waals surface area contributed by atoms with E-state index in [1.807, 2.05) is 83.1 Å². The minimum Gasteiger partial charge on any atom is -0.743 e. The second-order valence-electron chi connectivity index (χ2n) is 16.3. The van der Waals surface area contributed by atoms with Gasteiger partial charge in [0.1, 0.15) is 0 Å². The van der Waals surface area contributed by atoms with E-state index in [2.05, 4.69) is 30.6 Å². The van der Waals surface area contributed by atoms with Gasteiger partial charge in [-0.05, 0) is 71.9 Å². The minimum atomic E-state index is -5.07. The summed E-state index contributed by atoms with van der Waals surface area (Å²) in [5.74, 6) is 0.311. The fourth-order valence-electron chi connectivity index (χ4n) is 6.17. The number of hydrogen-bond donors (Lipinski definition) is 0. The van der Waals surface area contributed by atoms with E-state index < -0.39 is 30.5 Å². The van der Waals surface area contributed by atoms with E-state index in [1.165, 1.54) is 37.2 Å². The van der Waals surface area contributed by atoms with Crippen molar-refractivity contribution < 1.29 is 43.0 Å². The Morgan fingerprint density at radius 1 is 0.400 bits per heavy atom. The van der Waals surface area contributed by atoms with Crippen LogP contribution >= 0.6 is 46.4 Å². The molecule has 0 spiro atoms. The van der Waals surface area contributed by atoms with Crippen molar-refractivity contribution >= 4 is 66.6 Å². The monoisotopic (exact) mass is 1060 g/mol. The van der Waals surface area contributed by atoms with E-state index in [1.54, 1.807) is 36.4 Å². The van der Waals surface area contributed by atoms with Gasteiger partial charge in [0, 0.05) is 37.2 Å². The van der Waals surface area contributed by atoms with E-state index in [4.69, 9.17) is 46.4 Å². The first kappa shape index (κ1) is 57.9. The van der Waals surface area contributed by atoms with Gasteiger partial charge in [0.2, 0.25) is 0 Å². The Balaban J connectivity index is 0.000000393. The van der Waals surface area contributed by atoms with Gasteiger partial charge in [-0.25, -0.2) is 44.9 Å². The maximum atomic E-state index is 12.9. The molecule has 0 aliphatic carbocycles. The van der Waals surface area contributed by atoms with Crippen LogP contribution in [0.5, 0.6) is 0 Å². The van der Waals surface area contributed by atoms with Gasteiger partial charge in [-0.3, -0.25) is 0 Å². The normalized spacial score (nSPS) is 12.3. The Hall–Kier alpha value is -3.24. The number of aromatic nitrogens is 12. The number of hydrogen-bond acceptors (Lipinski definition) is 12. The first-order valence-electron chi connectivity index (χ1n) is 20.3. The molecule has 6 aromatic heterocycles. The average molecular weight is 1060 g/mol. The largest absolute Gasteiger partial charge is 2.00 e. The smallest absolute Gasteiger partial charge is 0.743 e. The number of rotatable bonds is 14. The zero-order valence-electron chi connectivity index (χ0n) is 38.3. The topological polar surface area (TPSA) is 221 Å². The van der Waals surface area contributed by atoms with E-state index in [0.29, 0.717) is 34.2 Å². The standard InChI is InChI=1S/2C19H28N6O3S.2CH2Cl2.Mn/c2*1-13(2)16-7-10-23(20-16)19(29(26,27)28,24-11-8-17(21-24)14(3)4)25-12-9-18(22-25)15(5)6;2*2-1-3;/h2*7-15H,1-6H3,(H,26,27,28);2*1H2;/q;;;;+2/p-2. The van der Waals surface area contributed by atoms with Crippen LogP contribution in [-0.4, -0.2) is 95.3 Å². The minimum absolute atomic E-state index is 0. The Morgan fingerprint density at radius 2 is 0.523 bits per heavy atom. The third-order valence-electron chi connectivity index (χ3n) is 9.67. The molecule has 0 bridgehead atoms. The van der Waals surface area contributed by atoms with Crippen molar-refractivity contribution in [2.75, 3.05) is 10.7 Å². The van der Waals surface area contributed by atoms with Crippen LogP contribution in [0.2, 0.25) is 0 Å². The molecule has 0 unspecified atom stereocenters. The number of halogens is 4. The summed E-state index contributed by atoms with van der Waals surface area (Å²) >= 11 is 19.1. The molecule has 0 saturated carbocycles. The maximum absolute atomic E-state index is 12.9. The first-order chi connectivity index (χ1) is 29.8. The van der Waals surface area contributed by atoms with Crippen molar-refractivity contribution in [3.05, 3.63) is 108 Å². The van der Waals surface area contributed by atoms with E-state index >= 15 is 0 Å². The molecule has 361 valence electrons. The Kier molecular flexibility index (Phi) is 21.5. The summed E-state index contributed by atoms with van der Waals surface area (Å²) in [5, 5.41) is 22.3. The van der Waals surface area contributed by atoms with Gasteiger partial charge < -0.3 is 9.11 Å². The molecule has 18 nitrogen and oxygen atoms in total. The van der Waals surface area contributed by atoms with Gasteiger partial charge >= 0.3 is 27.3 Å². The summed E-state index contributed by atoms with van der Waals surface area (Å²) in [6, 6.07) is 10.2. The fourth-order valence-corrected chi connectivity index (χ4v) is 8.15. The molecular weight excluding hydrogens is 1010 g/mol. The van der Waals surface area contributed by atoms with Crippen molar-refractivity contribution in [3.8, 4) is 0 Å². The molecule has 65 heavy (non-hydrogen) atoms. The predicted octanol–water partition coefficient (Wildman–Crippen LogP) is 8.55. The van der Waals surface area contributed by atoms with Crippen molar-refractivity contribution in [2.45, 2.75) is 129 Å². The van der Waals surface area contributed by atoms with Crippen molar-refractivity contribution in [1.29, 1.82) is 0 Å². The molecule has 0 amide bonds. The van der Waals surface area contributed by atoms with E-state index in [9.17, 15) is 25.9 Å². The molecule has 6 rings (SSSR count). The summed E-state index contributed by atoms with van der Waals surface area (Å²) in [4.78, 5) is 0. The predicted molar refractivity (Wildman–Crippen MR) is 248 cm³/mol. The Labute approximate surface area is 412 Å². The molecule has 0 N–H and O–H groups in total. The number of nitrogens with zero attached hydrogens (tertiary/aromatic N) is 12. The van der Waals surface area contributed by atoms with Crippen LogP contribution in [0.4, 0.5) is 0 Å². The maximum Gasteiger partial charge on any atom is 2.00 e. The van der Waals surface area contributed by atoms with Gasteiger partial charge in [-0.1, -0.05) is 83.1 Å². The molecule has 6 aromatic rings. The van der Waals surface area contributed by atoms with Crippen LogP contribution in [0.3, 0.4) is 0 Å². The molecule has 0 aliphatic heterocycles. The molecule has 0 fully saturated rings. The Morgan fingerprint density at radius 3 is 0.600 bits per heavy atom. The third kappa shape index (κ3) is 12.7. The van der Waals surface area contributed by atoms with Crippen LogP contribution in [0.1, 0.15) is 153 Å². The molecule has 0 aliphatic rings. The van der Waals surface area contributed by atoms with Gasteiger partial charge in [-0.15, -0.1) is 46.4 Å². The fraction of sp³-hybridized carbons (Fsp3) is 0.550. The first-order valence-corrected chi connectivity index (χ1v) is 25.3. The Bertz CT molecular complexity index is 2190. The molecule has 0 saturated heterocycles. The van der Waals surface area contributed by atoms with Gasteiger partial charge in [0.25, 0.3) is 0 Å². The van der Waals surface area contributed by atoms with Gasteiger partial charge in [0.15, 0.2) is 20.2 Å². The second kappa shape index (κ2) is 24.2. The summed E-state index contributed by atoms with van der Waals surface area (Å²) in [7, 11) is -10.1. The molecule has 1 radical (unpaired) electrons. The van der Waals surface area contributed by atoms with E-state index in [0.717, 1.165) is 28.1 Å². The van der Waals surface area contributed by atoms with Crippen LogP contribution < -0.4 is 0 Å². The number of alkyl halides is 4. The van der Waals surface area contributed by atoms with Crippen LogP contribution in [0, 0.1) is 0 Å². The molecule has 0 atom stereocenters. The summed E-state index contributed by atoms with van der Waals surface area (Å²) in [6.45, 7) is 23.3. The summed E-state index contributed by atoms with van der Waals surface area (Å²) in [6.07, 6.45) is 8.91. The van der Waals surface area contributed by atoms with Crippen molar-refractivity contribution in [1.82, 2.24) is 58.7 Å². The molecule has 0 aromatic carbocycles. The molecule has 6 heterocycles. The van der Waals surface area contributed by atoms with Crippen molar-refractivity contribution in [2.24, 2.45) is 0 Å². The van der Waals surface area contributed by atoms with Gasteiger partial charge in [-0.2, -0.15) is 30.6 Å². The molecular formula is C40H58Cl4MnN12O6S2. The van der Waals surface area contributed by atoms with Gasteiger partial charge in [0.05, 0.1) is 44.8 Å². The zero-order chi connectivity index (χ0) is 48.5. The quantitative estimate of drug-likeness (QED) is 0.0569. The summed E-state index contributed by atoms with van der Waals surface area (Å²) in [5.41, 5.74) is 3.95. The van der Waals surface area contributed by atoms with Crippen molar-refractivity contribution in [3.63, 3.8) is 0 Å². The van der Waals surface area contributed by atoms with Crippen LogP contribution in [0.25, 0.3) is 0 Å². The average Bonchev–Trinajstić information content (AvgIpc) is 4.05.